The van der Waals surface area contributed by atoms with Gasteiger partial charge in [0.1, 0.15) is 24.6 Å². The molecule has 9 nitrogen and oxygen atoms in total. The fraction of sp³-hybridized carbons (Fsp3) is 0.553. The van der Waals surface area contributed by atoms with Gasteiger partial charge in [-0.05, 0) is 70.0 Å². The Hall–Kier alpha value is -3.18. The molecule has 0 bridgehead atoms. The van der Waals surface area contributed by atoms with Crippen LogP contribution in [-0.4, -0.2) is 74.0 Å². The first-order chi connectivity index (χ1) is 27.5. The van der Waals surface area contributed by atoms with E-state index in [0.29, 0.717) is 48.1 Å². The van der Waals surface area contributed by atoms with E-state index >= 15 is 0 Å². The number of nitrogens with zero attached hydrogens (tertiary/aromatic N) is 1. The van der Waals surface area contributed by atoms with Gasteiger partial charge in [-0.15, -0.1) is 0 Å². The summed E-state index contributed by atoms with van der Waals surface area (Å²) in [7, 11) is -4.53. The maximum absolute atomic E-state index is 12.7. The quantitative estimate of drug-likeness (QED) is 0.0210. The summed E-state index contributed by atoms with van der Waals surface area (Å²) in [6, 6.07) is 31.6. The zero-order valence-electron chi connectivity index (χ0n) is 36.5. The molecule has 1 N–H and O–H groups in total. The number of methoxy groups -OCH3 is 1. The lowest BCUT2D eigenvalue weighted by molar-refractivity contribution is -0.0563. The van der Waals surface area contributed by atoms with Gasteiger partial charge in [0, 0.05) is 19.6 Å². The monoisotopic (exact) mass is 835 g/mol. The Bertz CT molecular complexity index is 1680. The summed E-state index contributed by atoms with van der Waals surface area (Å²) in [5.74, 6) is 0.260. The van der Waals surface area contributed by atoms with Gasteiger partial charge >= 0.3 is 0 Å². The van der Waals surface area contributed by atoms with Gasteiger partial charge in [0.25, 0.3) is 10.1 Å². The number of hydrogen-bond acceptors (Lipinski definition) is 9. The molecular formula is C47H69NO8SSi. The van der Waals surface area contributed by atoms with Gasteiger partial charge in [0.2, 0.25) is 0 Å². The Labute approximate surface area is 351 Å². The number of aliphatic hydroxyl groups is 1. The normalized spacial score (nSPS) is 15.6. The Kier molecular flexibility index (Phi) is 20.0. The molecule has 0 spiro atoms. The average molecular weight is 836 g/mol. The first-order valence-electron chi connectivity index (χ1n) is 20.7. The minimum Gasteiger partial charge on any atom is -0.416 e. The van der Waals surface area contributed by atoms with Crippen LogP contribution in [0.1, 0.15) is 91.3 Å². The summed E-state index contributed by atoms with van der Waals surface area (Å²) in [5.41, 5.74) is 3.48. The molecule has 5 atom stereocenters. The maximum atomic E-state index is 12.7. The summed E-state index contributed by atoms with van der Waals surface area (Å²) in [6.07, 6.45) is 1.48. The van der Waals surface area contributed by atoms with Gasteiger partial charge in [0.05, 0.1) is 25.5 Å². The number of ether oxygens (including phenoxy) is 3. The van der Waals surface area contributed by atoms with Crippen molar-refractivity contribution in [1.82, 2.24) is 0 Å². The van der Waals surface area contributed by atoms with E-state index in [1.165, 1.54) is 7.11 Å². The molecule has 0 saturated carbocycles. The van der Waals surface area contributed by atoms with E-state index in [-0.39, 0.29) is 37.8 Å². The van der Waals surface area contributed by atoms with Crippen LogP contribution in [0.5, 0.6) is 0 Å². The predicted molar refractivity (Wildman–Crippen MR) is 235 cm³/mol. The van der Waals surface area contributed by atoms with Crippen molar-refractivity contribution in [2.24, 2.45) is 17.8 Å². The van der Waals surface area contributed by atoms with Gasteiger partial charge in [-0.3, -0.25) is 4.18 Å². The summed E-state index contributed by atoms with van der Waals surface area (Å²) in [5, 5.41) is 22.1. The molecule has 320 valence electrons. The molecule has 1 unspecified atom stereocenters. The molecule has 0 fully saturated rings. The number of rotatable bonds is 26. The summed E-state index contributed by atoms with van der Waals surface area (Å²) in [4.78, 5) is 0. The molecule has 0 amide bonds. The van der Waals surface area contributed by atoms with Crippen LogP contribution < -0.4 is 0 Å². The number of hydrogen-bond donors (Lipinski definition) is 1. The van der Waals surface area contributed by atoms with Crippen molar-refractivity contribution >= 4 is 18.4 Å². The summed E-state index contributed by atoms with van der Waals surface area (Å²) >= 11 is 0. The highest BCUT2D eigenvalue weighted by Crippen LogP contribution is 2.43. The van der Waals surface area contributed by atoms with Crippen molar-refractivity contribution < 1.29 is 36.3 Å². The molecule has 58 heavy (non-hydrogen) atoms. The highest BCUT2D eigenvalue weighted by atomic mass is 32.2. The van der Waals surface area contributed by atoms with E-state index in [2.05, 4.69) is 61.5 Å². The molecule has 3 aromatic rings. The van der Waals surface area contributed by atoms with Crippen molar-refractivity contribution in [2.75, 3.05) is 40.0 Å². The zero-order chi connectivity index (χ0) is 42.9. The maximum Gasteiger partial charge on any atom is 0.264 e. The van der Waals surface area contributed by atoms with Crippen LogP contribution in [0, 0.1) is 29.1 Å². The Morgan fingerprint density at radius 3 is 1.69 bits per heavy atom. The smallest absolute Gasteiger partial charge is 0.264 e. The third kappa shape index (κ3) is 13.7. The molecule has 3 aromatic carbocycles. The second-order valence-corrected chi connectivity index (χ2v) is 23.7. The SMILES string of the molecule is COCOC/C(=C/[C@H](O)[C@H](COC(c1ccccc1)(c1ccccc1)c1ccccc1)OS(C)(=O)=O)CCC(C#N)C[C@H](C)[C@@H](C)CO[Si](C(C)C)(C(C)C)C(C)C. The van der Waals surface area contributed by atoms with Crippen molar-refractivity contribution in [2.45, 2.75) is 109 Å². The number of aliphatic hydroxyl groups excluding tert-OH is 1. The van der Waals surface area contributed by atoms with E-state index < -0.39 is 36.2 Å². The molecule has 11 heteroatoms. The standard InChI is InChI=1S/C47H69NO8SSi/c1-35(2)58(36(3)4,37(5)6)55-31-39(8)38(7)28-40(30-48)26-27-41(32-53-34-52-9)29-45(49)46(56-57(10,50)51)33-54-47(42-20-14-11-15-21-42,43-22-16-12-17-23-43)44-24-18-13-19-25-44/h11-25,29,35-40,45-46,49H,26-28,31-34H2,1-10H3/b41-29+/t38-,39-,40?,45-,46-/m0/s1. The largest absolute Gasteiger partial charge is 0.416 e. The van der Waals surface area contributed by atoms with Gasteiger partial charge in [-0.25, -0.2) is 0 Å². The second kappa shape index (κ2) is 23.6. The van der Waals surface area contributed by atoms with Crippen LogP contribution in [-0.2, 0) is 38.5 Å². The topological polar surface area (TPSA) is 124 Å². The average Bonchev–Trinajstić information content (AvgIpc) is 3.19. The van der Waals surface area contributed by atoms with Gasteiger partial charge in [0.15, 0.2) is 8.32 Å². The molecule has 0 aliphatic carbocycles. The fourth-order valence-electron chi connectivity index (χ4n) is 8.41. The molecular weight excluding hydrogens is 767 g/mol. The predicted octanol–water partition coefficient (Wildman–Crippen LogP) is 10.0. The second-order valence-electron chi connectivity index (χ2n) is 16.7. The Morgan fingerprint density at radius 1 is 0.793 bits per heavy atom. The van der Waals surface area contributed by atoms with Crippen LogP contribution in [0.3, 0.4) is 0 Å². The summed E-state index contributed by atoms with van der Waals surface area (Å²) < 4.78 is 55.6. The van der Waals surface area contributed by atoms with Crippen LogP contribution >= 0.6 is 0 Å². The van der Waals surface area contributed by atoms with E-state index in [4.69, 9.17) is 22.8 Å². The minimum absolute atomic E-state index is 0.0255. The Balaban J connectivity index is 1.88. The van der Waals surface area contributed by atoms with Crippen molar-refractivity contribution in [3.05, 3.63) is 119 Å². The van der Waals surface area contributed by atoms with Crippen LogP contribution in [0.15, 0.2) is 103 Å². The van der Waals surface area contributed by atoms with Crippen molar-refractivity contribution in [3.63, 3.8) is 0 Å². The molecule has 0 radical (unpaired) electrons. The first kappa shape index (κ1) is 49.2. The molecule has 0 aromatic heterocycles. The van der Waals surface area contributed by atoms with Gasteiger partial charge < -0.3 is 23.7 Å². The Morgan fingerprint density at radius 2 is 1.28 bits per heavy atom. The first-order valence-corrected chi connectivity index (χ1v) is 24.6. The molecule has 0 saturated heterocycles. The summed E-state index contributed by atoms with van der Waals surface area (Å²) in [6.45, 7) is 18.7. The van der Waals surface area contributed by atoms with Crippen molar-refractivity contribution in [3.8, 4) is 6.07 Å². The molecule has 0 heterocycles. The minimum atomic E-state index is -4.04. The highest BCUT2D eigenvalue weighted by molar-refractivity contribution is 7.86. The lowest BCUT2D eigenvalue weighted by Crippen LogP contribution is -2.48. The lowest BCUT2D eigenvalue weighted by atomic mass is 9.80. The third-order valence-electron chi connectivity index (χ3n) is 11.5. The van der Waals surface area contributed by atoms with Gasteiger partial charge in [-0.1, -0.05) is 152 Å². The zero-order valence-corrected chi connectivity index (χ0v) is 38.3. The van der Waals surface area contributed by atoms with E-state index in [1.807, 2.05) is 91.0 Å². The van der Waals surface area contributed by atoms with E-state index in [0.717, 1.165) is 22.9 Å². The van der Waals surface area contributed by atoms with Crippen LogP contribution in [0.25, 0.3) is 0 Å². The number of nitriles is 1. The van der Waals surface area contributed by atoms with E-state index in [9.17, 15) is 18.8 Å². The van der Waals surface area contributed by atoms with Crippen LogP contribution in [0.4, 0.5) is 0 Å². The lowest BCUT2D eigenvalue weighted by Gasteiger charge is -2.43. The van der Waals surface area contributed by atoms with Crippen molar-refractivity contribution in [1.29, 1.82) is 5.26 Å². The van der Waals surface area contributed by atoms with E-state index in [1.54, 1.807) is 6.08 Å². The fourth-order valence-corrected chi connectivity index (χ4v) is 14.6. The number of benzene rings is 3. The van der Waals surface area contributed by atoms with Crippen LogP contribution in [0.2, 0.25) is 16.6 Å². The third-order valence-corrected chi connectivity index (χ3v) is 18.2. The highest BCUT2D eigenvalue weighted by Gasteiger charge is 2.45. The van der Waals surface area contributed by atoms with Gasteiger partial charge in [-0.2, -0.15) is 13.7 Å². The molecule has 0 aliphatic rings. The molecule has 3 rings (SSSR count). The molecule has 0 aliphatic heterocycles.